The summed E-state index contributed by atoms with van der Waals surface area (Å²) in [5.74, 6) is -5.43. The van der Waals surface area contributed by atoms with E-state index in [0.29, 0.717) is 38.6 Å². The highest BCUT2D eigenvalue weighted by Gasteiger charge is 2.44. The Labute approximate surface area is 385 Å². The lowest BCUT2D eigenvalue weighted by atomic mass is 9.89. The van der Waals surface area contributed by atoms with E-state index < -0.39 is 66.1 Å². The van der Waals surface area contributed by atoms with E-state index in [1.54, 1.807) is 55.1 Å². The number of carboxylic acid groups (broad SMARTS) is 1. The fourth-order valence-electron chi connectivity index (χ4n) is 9.09. The van der Waals surface area contributed by atoms with Crippen LogP contribution in [0.1, 0.15) is 99.0 Å². The average Bonchev–Trinajstić information content (AvgIpc) is 3.88. The van der Waals surface area contributed by atoms with E-state index in [-0.39, 0.29) is 73.1 Å². The Hall–Kier alpha value is -5.16. The van der Waals surface area contributed by atoms with E-state index >= 15 is 0 Å². The number of nitrogens with zero attached hydrogens (tertiary/aromatic N) is 4. The van der Waals surface area contributed by atoms with Crippen LogP contribution in [-0.4, -0.2) is 156 Å². The van der Waals surface area contributed by atoms with Crippen LogP contribution >= 0.6 is 0 Å². The molecule has 2 aliphatic rings. The Balaban J connectivity index is 1.73. The molecule has 1 aromatic rings. The molecule has 65 heavy (non-hydrogen) atoms. The van der Waals surface area contributed by atoms with Gasteiger partial charge in [0, 0.05) is 66.4 Å². The minimum absolute atomic E-state index is 0.0859. The fourth-order valence-corrected chi connectivity index (χ4v) is 9.09. The highest BCUT2D eigenvalue weighted by molar-refractivity contribution is 6.12. The summed E-state index contributed by atoms with van der Waals surface area (Å²) in [4.78, 5) is 112. The number of nitrogens with one attached hydrogen (secondary N) is 2. The van der Waals surface area contributed by atoms with E-state index in [0.717, 1.165) is 10.5 Å². The number of ether oxygens (including phenoxy) is 2. The maximum Gasteiger partial charge on any atom is 0.326 e. The van der Waals surface area contributed by atoms with Gasteiger partial charge in [-0.3, -0.25) is 38.5 Å². The lowest BCUT2D eigenvalue weighted by molar-refractivity contribution is -0.149. The van der Waals surface area contributed by atoms with Gasteiger partial charge in [-0.2, -0.15) is 0 Å². The van der Waals surface area contributed by atoms with Gasteiger partial charge in [-0.1, -0.05) is 85.2 Å². The van der Waals surface area contributed by atoms with Crippen molar-refractivity contribution in [2.24, 2.45) is 23.7 Å². The first kappa shape index (κ1) is 54.2. The number of carbonyl (C=O) groups is 8. The first-order valence-corrected chi connectivity index (χ1v) is 23.0. The van der Waals surface area contributed by atoms with Crippen LogP contribution < -0.4 is 10.6 Å². The van der Waals surface area contributed by atoms with Gasteiger partial charge in [0.15, 0.2) is 0 Å². The van der Waals surface area contributed by atoms with Gasteiger partial charge in [-0.05, 0) is 49.0 Å². The standard InChI is InChI=1S/C48H74N6O11/c1-12-31(6)43(52(9)47(61)41(29(2)3)50-46(60)42(30(4)5)51(8)37(55)22-16-17-25-54-38(56)23-24-39(54)57)36(64-10)28-40(58)53-26-18-21-35(53)44(65-11)32(7)45(59)49-34(48(62)63)27-33-19-14-13-15-20-33/h13-15,19-20,23-24,29-32,34-36,41-44H,12,16-18,21-22,25-28H2,1-11H3,(H,49,59)(H,50,60)(H,62,63)/t31-,32+,34-,35-,36+,41-,42-,43-,44+/m0/s1. The summed E-state index contributed by atoms with van der Waals surface area (Å²) in [6, 6.07) is 4.92. The third-order valence-corrected chi connectivity index (χ3v) is 13.0. The van der Waals surface area contributed by atoms with Crippen molar-refractivity contribution in [1.82, 2.24) is 30.2 Å². The molecule has 17 nitrogen and oxygen atoms in total. The number of carboxylic acids is 1. The molecule has 0 aromatic heterocycles. The second-order valence-electron chi connectivity index (χ2n) is 18.2. The summed E-state index contributed by atoms with van der Waals surface area (Å²) in [6.45, 7) is 13.5. The van der Waals surface area contributed by atoms with Crippen molar-refractivity contribution < 1.29 is 52.9 Å². The summed E-state index contributed by atoms with van der Waals surface area (Å²) >= 11 is 0. The fraction of sp³-hybridized carbons (Fsp3) is 0.667. The van der Waals surface area contributed by atoms with Crippen molar-refractivity contribution in [2.75, 3.05) is 41.4 Å². The first-order chi connectivity index (χ1) is 30.7. The molecule has 362 valence electrons. The molecule has 0 spiro atoms. The minimum Gasteiger partial charge on any atom is -0.480 e. The van der Waals surface area contributed by atoms with Crippen LogP contribution in [0.4, 0.5) is 0 Å². The van der Waals surface area contributed by atoms with Crippen LogP contribution in [-0.2, 0) is 54.3 Å². The molecule has 1 aromatic carbocycles. The van der Waals surface area contributed by atoms with Crippen molar-refractivity contribution >= 4 is 47.3 Å². The smallest absolute Gasteiger partial charge is 0.326 e. The summed E-state index contributed by atoms with van der Waals surface area (Å²) in [5, 5.41) is 15.5. The van der Waals surface area contributed by atoms with E-state index in [1.165, 1.54) is 31.3 Å². The lowest BCUT2D eigenvalue weighted by Gasteiger charge is -2.41. The van der Waals surface area contributed by atoms with E-state index in [4.69, 9.17) is 9.47 Å². The van der Waals surface area contributed by atoms with Gasteiger partial charge >= 0.3 is 5.97 Å². The number of hydrogen-bond donors (Lipinski definition) is 3. The van der Waals surface area contributed by atoms with Crippen LogP contribution in [0.15, 0.2) is 42.5 Å². The Morgan fingerprint density at radius 1 is 0.846 bits per heavy atom. The number of carbonyl (C=O) groups excluding carboxylic acids is 7. The molecule has 0 radical (unpaired) electrons. The van der Waals surface area contributed by atoms with Crippen molar-refractivity contribution in [3.63, 3.8) is 0 Å². The minimum atomic E-state index is -1.16. The molecule has 1 fully saturated rings. The molecule has 0 bridgehead atoms. The molecule has 9 atom stereocenters. The second kappa shape index (κ2) is 25.5. The van der Waals surface area contributed by atoms with Crippen LogP contribution in [0, 0.1) is 23.7 Å². The maximum atomic E-state index is 14.5. The zero-order valence-electron chi connectivity index (χ0n) is 40.3. The molecule has 0 unspecified atom stereocenters. The monoisotopic (exact) mass is 911 g/mol. The lowest BCUT2D eigenvalue weighted by Crippen LogP contribution is -2.60. The Bertz CT molecular complexity index is 1820. The second-order valence-corrected chi connectivity index (χ2v) is 18.2. The van der Waals surface area contributed by atoms with Gasteiger partial charge in [0.1, 0.15) is 18.1 Å². The number of methoxy groups -OCH3 is 2. The molecule has 0 saturated carbocycles. The topological polar surface area (TPSA) is 212 Å². The van der Waals surface area contributed by atoms with Gasteiger partial charge in [0.05, 0.1) is 36.6 Å². The van der Waals surface area contributed by atoms with Gasteiger partial charge in [-0.15, -0.1) is 0 Å². The molecular weight excluding hydrogens is 837 g/mol. The molecule has 3 N–H and O–H groups in total. The number of benzene rings is 1. The number of likely N-dealkylation sites (N-methyl/N-ethyl adjacent to an activating group) is 2. The summed E-state index contributed by atoms with van der Waals surface area (Å²) < 4.78 is 11.9. The van der Waals surface area contributed by atoms with E-state index in [2.05, 4.69) is 10.6 Å². The van der Waals surface area contributed by atoms with Gasteiger partial charge in [-0.25, -0.2) is 4.79 Å². The summed E-state index contributed by atoms with van der Waals surface area (Å²) in [6.07, 6.45) is 3.75. The number of hydrogen-bond acceptors (Lipinski definition) is 10. The quantitative estimate of drug-likeness (QED) is 0.0906. The third-order valence-electron chi connectivity index (χ3n) is 13.0. The molecule has 2 aliphatic heterocycles. The molecule has 17 heteroatoms. The number of imide groups is 1. The van der Waals surface area contributed by atoms with E-state index in [9.17, 15) is 43.5 Å². The Morgan fingerprint density at radius 3 is 2.02 bits per heavy atom. The number of amides is 7. The predicted octanol–water partition coefficient (Wildman–Crippen LogP) is 3.44. The number of likely N-dealkylation sites (tertiary alicyclic amines) is 1. The highest BCUT2D eigenvalue weighted by Crippen LogP contribution is 2.30. The Kier molecular flexibility index (Phi) is 21.3. The number of aliphatic carboxylic acids is 1. The Morgan fingerprint density at radius 2 is 1.48 bits per heavy atom. The van der Waals surface area contributed by atoms with Crippen molar-refractivity contribution in [2.45, 2.75) is 142 Å². The molecule has 3 rings (SSSR count). The highest BCUT2D eigenvalue weighted by atomic mass is 16.5. The van der Waals surface area contributed by atoms with Crippen molar-refractivity contribution in [3.05, 3.63) is 48.0 Å². The SMILES string of the molecule is CC[C@H](C)[C@@H]([C@@H](CC(=O)N1CCC[C@H]1[C@H](OC)[C@@H](C)C(=O)N[C@@H](Cc1ccccc1)C(=O)O)OC)N(C)C(=O)[C@@H](NC(=O)[C@H](C(C)C)N(C)C(=O)CCCCN1C(=O)C=CC1=O)C(C)C. The summed E-state index contributed by atoms with van der Waals surface area (Å²) in [5.41, 5.74) is 0.761. The molecule has 0 aliphatic carbocycles. The number of unbranched alkanes of at least 4 members (excludes halogenated alkanes) is 1. The molecular formula is C48H74N6O11. The van der Waals surface area contributed by atoms with Crippen molar-refractivity contribution in [3.8, 4) is 0 Å². The molecule has 1 saturated heterocycles. The van der Waals surface area contributed by atoms with Gasteiger partial charge in [0.25, 0.3) is 11.8 Å². The first-order valence-electron chi connectivity index (χ1n) is 23.0. The van der Waals surface area contributed by atoms with Gasteiger partial charge in [0.2, 0.25) is 29.5 Å². The van der Waals surface area contributed by atoms with Crippen LogP contribution in [0.2, 0.25) is 0 Å². The third kappa shape index (κ3) is 14.4. The zero-order chi connectivity index (χ0) is 48.7. The largest absolute Gasteiger partial charge is 0.480 e. The van der Waals surface area contributed by atoms with Crippen LogP contribution in [0.25, 0.3) is 0 Å². The average molecular weight is 911 g/mol. The molecule has 2 heterocycles. The normalized spacial score (nSPS) is 18.8. The van der Waals surface area contributed by atoms with Crippen molar-refractivity contribution in [1.29, 1.82) is 0 Å². The maximum absolute atomic E-state index is 14.5. The summed E-state index contributed by atoms with van der Waals surface area (Å²) in [7, 11) is 6.17. The number of rotatable bonds is 26. The zero-order valence-corrected chi connectivity index (χ0v) is 40.3. The molecule has 7 amide bonds. The van der Waals surface area contributed by atoms with Crippen LogP contribution in [0.5, 0.6) is 0 Å². The van der Waals surface area contributed by atoms with E-state index in [1.807, 2.05) is 47.6 Å². The predicted molar refractivity (Wildman–Crippen MR) is 244 cm³/mol. The van der Waals surface area contributed by atoms with Crippen LogP contribution in [0.3, 0.4) is 0 Å². The van der Waals surface area contributed by atoms with Gasteiger partial charge < -0.3 is 39.9 Å².